The molecule has 2 rings (SSSR count). The Labute approximate surface area is 120 Å². The number of nitrogens with one attached hydrogen (secondary N) is 2. The fourth-order valence-corrected chi connectivity index (χ4v) is 2.70. The zero-order valence-electron chi connectivity index (χ0n) is 11.3. The number of anilines is 2. The van der Waals surface area contributed by atoms with Crippen molar-refractivity contribution in [2.75, 3.05) is 10.6 Å². The van der Waals surface area contributed by atoms with E-state index < -0.39 is 6.03 Å². The number of carbonyl (C=O) groups is 1. The minimum absolute atomic E-state index is 0.384. The van der Waals surface area contributed by atoms with Crippen LogP contribution in [0.3, 0.4) is 0 Å². The summed E-state index contributed by atoms with van der Waals surface area (Å²) in [6.07, 6.45) is 6.53. The van der Waals surface area contributed by atoms with Gasteiger partial charge in [-0.05, 0) is 12.8 Å². The first-order valence-electron chi connectivity index (χ1n) is 6.40. The number of hydrogen-bond donors (Lipinski definition) is 2. The molecule has 7 nitrogen and oxygen atoms in total. The van der Waals surface area contributed by atoms with Crippen molar-refractivity contribution in [1.29, 1.82) is 0 Å². The number of carbonyl (C=O) groups excluding carboxylic acids is 1. The second kappa shape index (κ2) is 6.90. The Morgan fingerprint density at radius 1 is 1.25 bits per heavy atom. The Hall–Kier alpha value is -2.09. The number of aromatic nitrogens is 4. The van der Waals surface area contributed by atoms with Crippen molar-refractivity contribution < 1.29 is 4.79 Å². The smallest absolute Gasteiger partial charge is 0.291 e. The molecule has 0 saturated heterocycles. The van der Waals surface area contributed by atoms with Gasteiger partial charge < -0.3 is 0 Å². The normalized spacial score (nSPS) is 10.6. The van der Waals surface area contributed by atoms with Crippen LogP contribution in [0.15, 0.2) is 18.6 Å². The largest absolute Gasteiger partial charge is 0.326 e. The summed E-state index contributed by atoms with van der Waals surface area (Å²) in [6, 6.07) is -0.405. The van der Waals surface area contributed by atoms with E-state index in [1.54, 1.807) is 0 Å². The highest BCUT2D eigenvalue weighted by molar-refractivity contribution is 7.15. The molecule has 2 N–H and O–H groups in total. The van der Waals surface area contributed by atoms with Crippen LogP contribution in [0.5, 0.6) is 0 Å². The van der Waals surface area contributed by atoms with Crippen LogP contribution < -0.4 is 10.6 Å². The molecule has 2 aromatic rings. The molecule has 0 aliphatic rings. The molecule has 8 heteroatoms. The maximum Gasteiger partial charge on any atom is 0.326 e. The highest BCUT2D eigenvalue weighted by Gasteiger charge is 2.14. The summed E-state index contributed by atoms with van der Waals surface area (Å²) in [5.41, 5.74) is 0. The molecular formula is C12H16N6OS. The minimum Gasteiger partial charge on any atom is -0.291 e. The van der Waals surface area contributed by atoms with Crippen LogP contribution in [0.1, 0.15) is 37.6 Å². The Bertz CT molecular complexity index is 554. The van der Waals surface area contributed by atoms with E-state index in [9.17, 15) is 4.79 Å². The summed E-state index contributed by atoms with van der Waals surface area (Å²) in [6.45, 7) is 4.23. The Kier molecular flexibility index (Phi) is 4.94. The third-order valence-corrected chi connectivity index (χ3v) is 3.80. The summed E-state index contributed by atoms with van der Waals surface area (Å²) in [5, 5.41) is 14.7. The molecule has 2 aromatic heterocycles. The summed E-state index contributed by atoms with van der Waals surface area (Å²) < 4.78 is 0. The average Bonchev–Trinajstić information content (AvgIpc) is 2.89. The molecule has 0 fully saturated rings. The molecule has 2 amide bonds. The molecule has 0 spiro atoms. The first kappa shape index (κ1) is 14.3. The maximum absolute atomic E-state index is 11.7. The fourth-order valence-electron chi connectivity index (χ4n) is 1.70. The molecule has 106 valence electrons. The average molecular weight is 292 g/mol. The molecule has 2 heterocycles. The SMILES string of the molecule is CCC(CC)c1nnc(NC(=O)Nc2cnccn2)s1. The van der Waals surface area contributed by atoms with Crippen LogP contribution in [0, 0.1) is 0 Å². The van der Waals surface area contributed by atoms with Crippen LogP contribution in [-0.4, -0.2) is 26.2 Å². The zero-order chi connectivity index (χ0) is 14.4. The molecule has 0 aliphatic carbocycles. The topological polar surface area (TPSA) is 92.7 Å². The molecule has 0 aliphatic heterocycles. The van der Waals surface area contributed by atoms with Crippen molar-refractivity contribution in [3.63, 3.8) is 0 Å². The Morgan fingerprint density at radius 2 is 2.05 bits per heavy atom. The van der Waals surface area contributed by atoms with Crippen molar-refractivity contribution in [1.82, 2.24) is 20.2 Å². The number of urea groups is 1. The number of nitrogens with zero attached hydrogens (tertiary/aromatic N) is 4. The van der Waals surface area contributed by atoms with Gasteiger partial charge in [0.25, 0.3) is 0 Å². The van der Waals surface area contributed by atoms with Crippen molar-refractivity contribution in [2.45, 2.75) is 32.6 Å². The summed E-state index contributed by atoms with van der Waals surface area (Å²) >= 11 is 1.40. The van der Waals surface area contributed by atoms with Crippen LogP contribution in [0.25, 0.3) is 0 Å². The van der Waals surface area contributed by atoms with E-state index in [1.165, 1.54) is 29.9 Å². The van der Waals surface area contributed by atoms with E-state index in [4.69, 9.17) is 0 Å². The minimum atomic E-state index is -0.405. The lowest BCUT2D eigenvalue weighted by Crippen LogP contribution is -2.20. The lowest BCUT2D eigenvalue weighted by molar-refractivity contribution is 0.262. The third-order valence-electron chi connectivity index (χ3n) is 2.80. The van der Waals surface area contributed by atoms with Crippen molar-refractivity contribution in [3.05, 3.63) is 23.6 Å². The van der Waals surface area contributed by atoms with Gasteiger partial charge in [0.2, 0.25) is 5.13 Å². The van der Waals surface area contributed by atoms with Gasteiger partial charge in [0.1, 0.15) is 5.01 Å². The Balaban J connectivity index is 1.95. The van der Waals surface area contributed by atoms with Crippen molar-refractivity contribution >= 4 is 28.3 Å². The van der Waals surface area contributed by atoms with Gasteiger partial charge >= 0.3 is 6.03 Å². The number of amides is 2. The molecule has 20 heavy (non-hydrogen) atoms. The van der Waals surface area contributed by atoms with Gasteiger partial charge in [0.15, 0.2) is 5.82 Å². The van der Waals surface area contributed by atoms with E-state index >= 15 is 0 Å². The van der Waals surface area contributed by atoms with Gasteiger partial charge in [-0.3, -0.25) is 15.6 Å². The first-order valence-corrected chi connectivity index (χ1v) is 7.22. The zero-order valence-corrected chi connectivity index (χ0v) is 12.1. The second-order valence-corrected chi connectivity index (χ2v) is 5.14. The monoisotopic (exact) mass is 292 g/mol. The van der Waals surface area contributed by atoms with Crippen molar-refractivity contribution in [3.8, 4) is 0 Å². The molecule has 0 unspecified atom stereocenters. The van der Waals surface area contributed by atoms with E-state index in [0.29, 0.717) is 16.9 Å². The van der Waals surface area contributed by atoms with E-state index in [-0.39, 0.29) is 0 Å². The lowest BCUT2D eigenvalue weighted by Gasteiger charge is -2.06. The predicted molar refractivity (Wildman–Crippen MR) is 77.9 cm³/mol. The Morgan fingerprint density at radius 3 is 2.70 bits per heavy atom. The predicted octanol–water partition coefficient (Wildman–Crippen LogP) is 2.88. The van der Waals surface area contributed by atoms with Crippen LogP contribution in [0.2, 0.25) is 0 Å². The van der Waals surface area contributed by atoms with Crippen LogP contribution in [0.4, 0.5) is 15.7 Å². The fraction of sp³-hybridized carbons (Fsp3) is 0.417. The first-order chi connectivity index (χ1) is 9.72. The molecule has 0 bridgehead atoms. The van der Waals surface area contributed by atoms with E-state index in [0.717, 1.165) is 17.8 Å². The van der Waals surface area contributed by atoms with Crippen molar-refractivity contribution in [2.24, 2.45) is 0 Å². The second-order valence-electron chi connectivity index (χ2n) is 4.13. The number of rotatable bonds is 5. The third kappa shape index (κ3) is 3.70. The van der Waals surface area contributed by atoms with E-state index in [1.807, 2.05) is 0 Å². The molecular weight excluding hydrogens is 276 g/mol. The molecule has 0 atom stereocenters. The van der Waals surface area contributed by atoms with Gasteiger partial charge in [-0.2, -0.15) is 0 Å². The van der Waals surface area contributed by atoms with Gasteiger partial charge in [0, 0.05) is 18.3 Å². The highest BCUT2D eigenvalue weighted by atomic mass is 32.1. The van der Waals surface area contributed by atoms with Gasteiger partial charge in [0.05, 0.1) is 6.20 Å². The summed E-state index contributed by atoms with van der Waals surface area (Å²) in [5.74, 6) is 0.779. The summed E-state index contributed by atoms with van der Waals surface area (Å²) in [7, 11) is 0. The molecule has 0 radical (unpaired) electrons. The van der Waals surface area contributed by atoms with Crippen LogP contribution in [-0.2, 0) is 0 Å². The van der Waals surface area contributed by atoms with Gasteiger partial charge in [-0.15, -0.1) is 10.2 Å². The quantitative estimate of drug-likeness (QED) is 0.884. The molecule has 0 saturated carbocycles. The summed E-state index contributed by atoms with van der Waals surface area (Å²) in [4.78, 5) is 19.6. The number of hydrogen-bond acceptors (Lipinski definition) is 6. The van der Waals surface area contributed by atoms with Gasteiger partial charge in [-0.25, -0.2) is 9.78 Å². The standard InChI is InChI=1S/C12H16N6OS/c1-3-8(4-2)10-17-18-12(20-10)16-11(19)15-9-7-13-5-6-14-9/h5-8H,3-4H2,1-2H3,(H2,14,15,16,18,19). The van der Waals surface area contributed by atoms with Crippen LogP contribution >= 0.6 is 11.3 Å². The highest BCUT2D eigenvalue weighted by Crippen LogP contribution is 2.27. The van der Waals surface area contributed by atoms with E-state index in [2.05, 4.69) is 44.6 Å². The molecule has 0 aromatic carbocycles. The van der Waals surface area contributed by atoms with Gasteiger partial charge in [-0.1, -0.05) is 25.2 Å². The maximum atomic E-state index is 11.7. The lowest BCUT2D eigenvalue weighted by atomic mass is 10.1.